The molecule has 5 heteroatoms. The molecular formula is C16H20N2O2S. The van der Waals surface area contributed by atoms with E-state index in [-0.39, 0.29) is 18.6 Å². The summed E-state index contributed by atoms with van der Waals surface area (Å²) in [6.07, 6.45) is 7.41. The highest BCUT2D eigenvalue weighted by molar-refractivity contribution is 7.99. The van der Waals surface area contributed by atoms with E-state index in [9.17, 15) is 4.79 Å². The first-order valence-corrected chi connectivity index (χ1v) is 8.41. The number of amides is 1. The van der Waals surface area contributed by atoms with Gasteiger partial charge in [-0.25, -0.2) is 4.98 Å². The summed E-state index contributed by atoms with van der Waals surface area (Å²) in [5.41, 5.74) is 1.18. The fraction of sp³-hybridized carbons (Fsp3) is 0.500. The highest BCUT2D eigenvalue weighted by atomic mass is 32.2. The molecule has 0 bridgehead atoms. The Labute approximate surface area is 129 Å². The van der Waals surface area contributed by atoms with Gasteiger partial charge in [-0.05, 0) is 37.7 Å². The largest absolute Gasteiger partial charge is 0.395 e. The number of hydrogen-bond acceptors (Lipinski definition) is 4. The summed E-state index contributed by atoms with van der Waals surface area (Å²) in [6.45, 7) is 0.0549. The monoisotopic (exact) mass is 304 g/mol. The van der Waals surface area contributed by atoms with Gasteiger partial charge in [0.15, 0.2) is 0 Å². The van der Waals surface area contributed by atoms with Gasteiger partial charge in [0.2, 0.25) is 0 Å². The van der Waals surface area contributed by atoms with Crippen LogP contribution in [0.2, 0.25) is 0 Å². The average molecular weight is 304 g/mol. The third-order valence-electron chi connectivity index (χ3n) is 3.52. The normalized spacial score (nSPS) is 20.7. The lowest BCUT2D eigenvalue weighted by molar-refractivity contribution is 0.0933. The van der Waals surface area contributed by atoms with Gasteiger partial charge < -0.3 is 10.4 Å². The van der Waals surface area contributed by atoms with Gasteiger partial charge in [-0.15, -0.1) is 0 Å². The van der Waals surface area contributed by atoms with Gasteiger partial charge in [0.25, 0.3) is 5.91 Å². The minimum Gasteiger partial charge on any atom is -0.395 e. The maximum absolute atomic E-state index is 12.1. The zero-order valence-corrected chi connectivity index (χ0v) is 12.9. The number of hydrogen-bond donors (Lipinski definition) is 2. The molecule has 21 heavy (non-hydrogen) atoms. The number of pyridine rings is 1. The summed E-state index contributed by atoms with van der Waals surface area (Å²) in [7, 11) is 0. The minimum absolute atomic E-state index is 0.0549. The lowest BCUT2D eigenvalue weighted by atomic mass is 10.2. The second-order valence-corrected chi connectivity index (χ2v) is 6.19. The second kappa shape index (κ2) is 8.06. The molecule has 4 nitrogen and oxygen atoms in total. The van der Waals surface area contributed by atoms with Crippen molar-refractivity contribution in [2.24, 2.45) is 0 Å². The number of aliphatic hydroxyl groups is 1. The topological polar surface area (TPSA) is 62.2 Å². The summed E-state index contributed by atoms with van der Waals surface area (Å²) >= 11 is 1.87. The lowest BCUT2D eigenvalue weighted by Gasteiger charge is -2.12. The molecular weight excluding hydrogens is 284 g/mol. The molecule has 2 atom stereocenters. The van der Waals surface area contributed by atoms with Crippen LogP contribution in [-0.4, -0.2) is 40.2 Å². The SMILES string of the molecule is CSC1CCC(NC(=O)c2ccc(C#CCCO)cn2)C1. The number of nitrogens with zero attached hydrogens (tertiary/aromatic N) is 1. The standard InChI is InChI=1S/C16H20N2O2S/c1-21-14-7-6-13(10-14)18-16(20)15-8-5-12(11-17-15)4-2-3-9-19/h5,8,11,13-14,19H,3,6-7,9-10H2,1H3,(H,18,20). The van der Waals surface area contributed by atoms with E-state index in [1.807, 2.05) is 11.8 Å². The van der Waals surface area contributed by atoms with Crippen LogP contribution in [-0.2, 0) is 0 Å². The van der Waals surface area contributed by atoms with Crippen molar-refractivity contribution in [2.75, 3.05) is 12.9 Å². The molecule has 1 aromatic rings. The molecule has 1 saturated carbocycles. The fourth-order valence-corrected chi connectivity index (χ4v) is 3.16. The molecule has 0 spiro atoms. The molecule has 1 aliphatic rings. The van der Waals surface area contributed by atoms with Gasteiger partial charge in [0.1, 0.15) is 5.69 Å². The zero-order chi connectivity index (χ0) is 15.1. The Morgan fingerprint density at radius 2 is 2.38 bits per heavy atom. The second-order valence-electron chi connectivity index (χ2n) is 5.05. The molecule has 2 unspecified atom stereocenters. The van der Waals surface area contributed by atoms with Gasteiger partial charge in [-0.1, -0.05) is 11.8 Å². The molecule has 112 valence electrons. The Bertz CT molecular complexity index is 533. The molecule has 1 aliphatic carbocycles. The summed E-state index contributed by atoms with van der Waals surface area (Å²) in [5.74, 6) is 5.60. The Morgan fingerprint density at radius 1 is 1.52 bits per heavy atom. The van der Waals surface area contributed by atoms with Gasteiger partial charge >= 0.3 is 0 Å². The molecule has 1 aromatic heterocycles. The highest BCUT2D eigenvalue weighted by Crippen LogP contribution is 2.28. The van der Waals surface area contributed by atoms with E-state index in [1.54, 1.807) is 18.3 Å². The van der Waals surface area contributed by atoms with Gasteiger partial charge in [-0.3, -0.25) is 4.79 Å². The lowest BCUT2D eigenvalue weighted by Crippen LogP contribution is -2.33. The molecule has 1 fully saturated rings. The van der Waals surface area contributed by atoms with Gasteiger partial charge in [0, 0.05) is 29.5 Å². The van der Waals surface area contributed by atoms with Crippen LogP contribution in [0.5, 0.6) is 0 Å². The predicted octanol–water partition coefficient (Wildman–Crippen LogP) is 1.83. The van der Waals surface area contributed by atoms with E-state index in [4.69, 9.17) is 5.11 Å². The third kappa shape index (κ3) is 4.76. The number of nitrogens with one attached hydrogen (secondary N) is 1. The van der Waals surface area contributed by atoms with Crippen molar-refractivity contribution in [1.82, 2.24) is 10.3 Å². The number of aromatic nitrogens is 1. The average Bonchev–Trinajstić information content (AvgIpc) is 2.96. The van der Waals surface area contributed by atoms with E-state index in [1.165, 1.54) is 6.42 Å². The quantitative estimate of drug-likeness (QED) is 0.833. The fourth-order valence-electron chi connectivity index (χ4n) is 2.37. The number of thioether (sulfide) groups is 1. The number of carbonyl (C=O) groups is 1. The number of aliphatic hydroxyl groups excluding tert-OH is 1. The minimum atomic E-state index is -0.114. The van der Waals surface area contributed by atoms with Crippen LogP contribution < -0.4 is 5.32 Å². The molecule has 1 heterocycles. The summed E-state index contributed by atoms with van der Waals surface area (Å²) in [5, 5.41) is 12.4. The first-order chi connectivity index (χ1) is 10.2. The maximum atomic E-state index is 12.1. The predicted molar refractivity (Wildman–Crippen MR) is 85.2 cm³/mol. The first kappa shape index (κ1) is 15.9. The molecule has 0 saturated heterocycles. The molecule has 0 aliphatic heterocycles. The van der Waals surface area contributed by atoms with Crippen LogP contribution in [0.3, 0.4) is 0 Å². The van der Waals surface area contributed by atoms with Crippen LogP contribution in [0.15, 0.2) is 18.3 Å². The molecule has 2 rings (SSSR count). The van der Waals surface area contributed by atoms with Crippen LogP contribution in [0.1, 0.15) is 41.7 Å². The van der Waals surface area contributed by atoms with Crippen molar-refractivity contribution in [1.29, 1.82) is 0 Å². The summed E-state index contributed by atoms with van der Waals surface area (Å²) in [6, 6.07) is 3.74. The number of carbonyl (C=O) groups excluding carboxylic acids is 1. The number of rotatable bonds is 4. The van der Waals surface area contributed by atoms with Crippen molar-refractivity contribution in [3.05, 3.63) is 29.6 Å². The molecule has 2 N–H and O–H groups in total. The summed E-state index contributed by atoms with van der Waals surface area (Å²) < 4.78 is 0. The first-order valence-electron chi connectivity index (χ1n) is 7.12. The van der Waals surface area contributed by atoms with Crippen molar-refractivity contribution in [2.45, 2.75) is 37.0 Å². The highest BCUT2D eigenvalue weighted by Gasteiger charge is 2.25. The Balaban J connectivity index is 1.90. The molecule has 0 radical (unpaired) electrons. The Morgan fingerprint density at radius 3 is 3.00 bits per heavy atom. The van der Waals surface area contributed by atoms with Crippen molar-refractivity contribution >= 4 is 17.7 Å². The van der Waals surface area contributed by atoms with E-state index in [0.29, 0.717) is 17.4 Å². The van der Waals surface area contributed by atoms with Crippen LogP contribution in [0, 0.1) is 11.8 Å². The van der Waals surface area contributed by atoms with Crippen molar-refractivity contribution < 1.29 is 9.90 Å². The Kier molecular flexibility index (Phi) is 6.09. The van der Waals surface area contributed by atoms with Crippen LogP contribution >= 0.6 is 11.8 Å². The van der Waals surface area contributed by atoms with E-state index >= 15 is 0 Å². The smallest absolute Gasteiger partial charge is 0.270 e. The maximum Gasteiger partial charge on any atom is 0.270 e. The Hall–Kier alpha value is -1.51. The third-order valence-corrected chi connectivity index (χ3v) is 4.61. The van der Waals surface area contributed by atoms with E-state index < -0.39 is 0 Å². The molecule has 0 aromatic carbocycles. The van der Waals surface area contributed by atoms with Crippen molar-refractivity contribution in [3.8, 4) is 11.8 Å². The van der Waals surface area contributed by atoms with Crippen molar-refractivity contribution in [3.63, 3.8) is 0 Å². The van der Waals surface area contributed by atoms with E-state index in [0.717, 1.165) is 18.4 Å². The van der Waals surface area contributed by atoms with Gasteiger partial charge in [0.05, 0.1) is 6.61 Å². The zero-order valence-electron chi connectivity index (χ0n) is 12.1. The van der Waals surface area contributed by atoms with Gasteiger partial charge in [-0.2, -0.15) is 11.8 Å². The van der Waals surface area contributed by atoms with Crippen LogP contribution in [0.4, 0.5) is 0 Å². The molecule has 1 amide bonds. The van der Waals surface area contributed by atoms with E-state index in [2.05, 4.69) is 28.4 Å². The summed E-state index contributed by atoms with van der Waals surface area (Å²) in [4.78, 5) is 16.3. The van der Waals surface area contributed by atoms with Crippen LogP contribution in [0.25, 0.3) is 0 Å².